The maximum absolute atomic E-state index is 13.3. The Balaban J connectivity index is 2.31. The first-order valence-corrected chi connectivity index (χ1v) is 9.15. The average Bonchev–Trinajstić information content (AvgIpc) is 2.68. The lowest BCUT2D eigenvalue weighted by Gasteiger charge is -2.38. The van der Waals surface area contributed by atoms with Crippen LogP contribution in [0.3, 0.4) is 0 Å². The maximum Gasteiger partial charge on any atom is 0.250 e. The first-order valence-electron chi connectivity index (χ1n) is 9.15. The zero-order valence-corrected chi connectivity index (χ0v) is 16.2. The van der Waals surface area contributed by atoms with Gasteiger partial charge in [-0.2, -0.15) is 0 Å². The van der Waals surface area contributed by atoms with E-state index in [0.717, 1.165) is 18.3 Å². The van der Waals surface area contributed by atoms with Gasteiger partial charge in [-0.25, -0.2) is 0 Å². The van der Waals surface area contributed by atoms with Gasteiger partial charge in [-0.05, 0) is 37.3 Å². The van der Waals surface area contributed by atoms with E-state index in [1.165, 1.54) is 16.8 Å². The minimum Gasteiger partial charge on any atom is -0.342 e. The molecule has 1 aliphatic rings. The zero-order valence-electron chi connectivity index (χ0n) is 16.2. The first kappa shape index (κ1) is 20.6. The van der Waals surface area contributed by atoms with Gasteiger partial charge < -0.3 is 19.9 Å². The quantitative estimate of drug-likeness (QED) is 0.727. The molecule has 0 radical (unpaired) electrons. The summed E-state index contributed by atoms with van der Waals surface area (Å²) in [7, 11) is 1.51. The smallest absolute Gasteiger partial charge is 0.250 e. The van der Waals surface area contributed by atoms with Crippen LogP contribution >= 0.6 is 0 Å². The van der Waals surface area contributed by atoms with Crippen LogP contribution in [0.15, 0.2) is 24.3 Å². The fourth-order valence-corrected chi connectivity index (χ4v) is 3.19. The molecule has 3 atom stereocenters. The van der Waals surface area contributed by atoms with Crippen molar-refractivity contribution in [3.05, 3.63) is 29.8 Å². The minimum atomic E-state index is -0.798. The second kappa shape index (κ2) is 8.79. The van der Waals surface area contributed by atoms with Crippen molar-refractivity contribution in [2.45, 2.75) is 51.7 Å². The fourth-order valence-electron chi connectivity index (χ4n) is 3.19. The highest BCUT2D eigenvalue weighted by Gasteiger charge is 2.37. The molecule has 1 N–H and O–H groups in total. The largest absolute Gasteiger partial charge is 0.342 e. The molecule has 1 heterocycles. The molecule has 0 saturated carbocycles. The molecule has 0 aliphatic carbocycles. The van der Waals surface area contributed by atoms with Gasteiger partial charge in [0.2, 0.25) is 18.2 Å². The number of hydrogen-bond acceptors (Lipinski definition) is 4. The van der Waals surface area contributed by atoms with Crippen LogP contribution in [0.25, 0.3) is 0 Å². The van der Waals surface area contributed by atoms with Crippen LogP contribution in [-0.2, 0) is 25.6 Å². The third-order valence-corrected chi connectivity index (χ3v) is 5.07. The van der Waals surface area contributed by atoms with Gasteiger partial charge in [0.15, 0.2) is 0 Å². The lowest BCUT2D eigenvalue weighted by molar-refractivity contribution is -0.134. The number of nitrogens with zero attached hydrogens (tertiary/aromatic N) is 2. The first-order chi connectivity index (χ1) is 12.8. The second-order valence-electron chi connectivity index (χ2n) is 7.26. The Bertz CT molecular complexity index is 719. The lowest BCUT2D eigenvalue weighted by Crippen LogP contribution is -2.58. The summed E-state index contributed by atoms with van der Waals surface area (Å²) in [5.74, 6) is -0.912. The van der Waals surface area contributed by atoms with E-state index in [4.69, 9.17) is 0 Å². The van der Waals surface area contributed by atoms with Gasteiger partial charge in [0, 0.05) is 12.7 Å². The number of amides is 3. The van der Waals surface area contributed by atoms with Crippen LogP contribution in [0, 0.1) is 5.92 Å². The van der Waals surface area contributed by atoms with Crippen LogP contribution in [-0.4, -0.2) is 54.6 Å². The number of aldehydes is 1. The predicted octanol–water partition coefficient (Wildman–Crippen LogP) is 1.15. The van der Waals surface area contributed by atoms with E-state index < -0.39 is 24.0 Å². The number of aryl methyl sites for hydroxylation is 1. The van der Waals surface area contributed by atoms with Crippen molar-refractivity contribution in [3.63, 3.8) is 0 Å². The van der Waals surface area contributed by atoms with Crippen molar-refractivity contribution in [1.82, 2.24) is 10.2 Å². The zero-order chi connectivity index (χ0) is 20.1. The normalized spacial score (nSPS) is 18.3. The van der Waals surface area contributed by atoms with Gasteiger partial charge in [0.05, 0.1) is 6.04 Å². The molecular weight excluding hydrogens is 346 g/mol. The number of carbonyl (C=O) groups is 4. The van der Waals surface area contributed by atoms with Gasteiger partial charge >= 0.3 is 0 Å². The third kappa shape index (κ3) is 4.35. The van der Waals surface area contributed by atoms with Crippen molar-refractivity contribution in [2.24, 2.45) is 5.92 Å². The summed E-state index contributed by atoms with van der Waals surface area (Å²) in [5, 5.41) is 2.76. The SMILES string of the molecule is CC(C)C(NC(=O)[C@H](C)N(C)C=O)C(=O)N1c2ccccc2CCC1C=O. The molecule has 7 heteroatoms. The highest BCUT2D eigenvalue weighted by atomic mass is 16.2. The van der Waals surface area contributed by atoms with E-state index in [0.29, 0.717) is 18.5 Å². The molecule has 7 nitrogen and oxygen atoms in total. The van der Waals surface area contributed by atoms with Crippen LogP contribution in [0.1, 0.15) is 32.8 Å². The van der Waals surface area contributed by atoms with Gasteiger partial charge in [-0.15, -0.1) is 0 Å². The Hall–Kier alpha value is -2.70. The Kier molecular flexibility index (Phi) is 6.71. The maximum atomic E-state index is 13.3. The number of para-hydroxylation sites is 1. The number of anilines is 1. The van der Waals surface area contributed by atoms with Crippen molar-refractivity contribution in [3.8, 4) is 0 Å². The van der Waals surface area contributed by atoms with Crippen molar-refractivity contribution in [2.75, 3.05) is 11.9 Å². The molecule has 0 fully saturated rings. The molecule has 2 unspecified atom stereocenters. The topological polar surface area (TPSA) is 86.8 Å². The standard InChI is InChI=1S/C20H27N3O4/c1-13(2)18(21-19(26)14(3)22(4)12-25)20(27)23-16(11-24)10-9-15-7-5-6-8-17(15)23/h5-8,11-14,16,18H,9-10H2,1-4H3,(H,21,26)/t14-,16?,18?/m0/s1. The van der Waals surface area contributed by atoms with Crippen molar-refractivity contribution >= 4 is 30.2 Å². The Morgan fingerprint density at radius 3 is 2.48 bits per heavy atom. The van der Waals surface area contributed by atoms with Gasteiger partial charge in [0.1, 0.15) is 18.4 Å². The molecule has 2 rings (SSSR count). The van der Waals surface area contributed by atoms with E-state index in [1.54, 1.807) is 6.92 Å². The second-order valence-corrected chi connectivity index (χ2v) is 7.26. The summed E-state index contributed by atoms with van der Waals surface area (Å²) < 4.78 is 0. The summed E-state index contributed by atoms with van der Waals surface area (Å²) in [6, 6.07) is 5.45. The summed E-state index contributed by atoms with van der Waals surface area (Å²) >= 11 is 0. The molecule has 0 saturated heterocycles. The number of fused-ring (bicyclic) bond motifs is 1. The van der Waals surface area contributed by atoms with Gasteiger partial charge in [-0.1, -0.05) is 32.0 Å². The van der Waals surface area contributed by atoms with Crippen LogP contribution in [0.4, 0.5) is 5.69 Å². The lowest BCUT2D eigenvalue weighted by atomic mass is 9.93. The molecule has 1 aliphatic heterocycles. The Labute approximate surface area is 159 Å². The number of benzene rings is 1. The van der Waals surface area contributed by atoms with E-state index >= 15 is 0 Å². The molecule has 27 heavy (non-hydrogen) atoms. The van der Waals surface area contributed by atoms with Crippen LogP contribution in [0.2, 0.25) is 0 Å². The van der Waals surface area contributed by atoms with Crippen molar-refractivity contribution < 1.29 is 19.2 Å². The molecule has 146 valence electrons. The molecule has 0 spiro atoms. The molecule has 0 bridgehead atoms. The summed E-state index contributed by atoms with van der Waals surface area (Å²) in [6.07, 6.45) is 2.63. The highest BCUT2D eigenvalue weighted by Crippen LogP contribution is 2.31. The van der Waals surface area contributed by atoms with Crippen LogP contribution < -0.4 is 10.2 Å². The molecule has 3 amide bonds. The Morgan fingerprint density at radius 2 is 1.89 bits per heavy atom. The van der Waals surface area contributed by atoms with E-state index in [1.807, 2.05) is 38.1 Å². The number of likely N-dealkylation sites (N-methyl/N-ethyl adjacent to an activating group) is 1. The average molecular weight is 373 g/mol. The number of rotatable bonds is 7. The molecule has 1 aromatic carbocycles. The van der Waals surface area contributed by atoms with Gasteiger partial charge in [-0.3, -0.25) is 14.4 Å². The van der Waals surface area contributed by atoms with Crippen molar-refractivity contribution in [1.29, 1.82) is 0 Å². The fraction of sp³-hybridized carbons (Fsp3) is 0.500. The summed E-state index contributed by atoms with van der Waals surface area (Å²) in [5.41, 5.74) is 1.72. The Morgan fingerprint density at radius 1 is 1.22 bits per heavy atom. The molecule has 1 aromatic rings. The highest BCUT2D eigenvalue weighted by molar-refractivity contribution is 6.03. The van der Waals surface area contributed by atoms with Gasteiger partial charge in [0.25, 0.3) is 0 Å². The monoisotopic (exact) mass is 373 g/mol. The van der Waals surface area contributed by atoms with Crippen LogP contribution in [0.5, 0.6) is 0 Å². The number of carbonyl (C=O) groups excluding carboxylic acids is 4. The minimum absolute atomic E-state index is 0.184. The third-order valence-electron chi connectivity index (χ3n) is 5.07. The number of hydrogen-bond donors (Lipinski definition) is 1. The summed E-state index contributed by atoms with van der Waals surface area (Å²) in [6.45, 7) is 5.27. The van der Waals surface area contributed by atoms with E-state index in [2.05, 4.69) is 5.32 Å². The molecular formula is C20H27N3O4. The summed E-state index contributed by atoms with van der Waals surface area (Å²) in [4.78, 5) is 51.1. The number of nitrogens with one attached hydrogen (secondary N) is 1. The van der Waals surface area contributed by atoms with E-state index in [-0.39, 0.29) is 11.8 Å². The molecule has 0 aromatic heterocycles. The van der Waals surface area contributed by atoms with E-state index in [9.17, 15) is 19.2 Å². The predicted molar refractivity (Wildman–Crippen MR) is 102 cm³/mol.